The number of phenols is 1. The third-order valence-electron chi connectivity index (χ3n) is 3.51. The summed E-state index contributed by atoms with van der Waals surface area (Å²) in [7, 11) is 0. The van der Waals surface area contributed by atoms with E-state index in [0.29, 0.717) is 33.1 Å². The predicted molar refractivity (Wildman–Crippen MR) is 91.8 cm³/mol. The fourth-order valence-electron chi connectivity index (χ4n) is 2.26. The standard InChI is InChI=1S/C16H14FN5O2S/c1-8-11(5-18)19-6-12-15(8)22-16(21-12)25-7-14(24)20-9-2-3-10(17)13(23)4-9/h2-4,6,14,20,23-24H,7H2,1H3,(H,21,22). The Kier molecular flexibility index (Phi) is 4.74. The number of nitriles is 1. The molecule has 2 aromatic heterocycles. The van der Waals surface area contributed by atoms with E-state index in [4.69, 9.17) is 5.26 Å². The van der Waals surface area contributed by atoms with E-state index >= 15 is 0 Å². The number of H-pyrrole nitrogens is 1. The molecule has 0 aliphatic carbocycles. The van der Waals surface area contributed by atoms with Gasteiger partial charge in [0.2, 0.25) is 0 Å². The van der Waals surface area contributed by atoms with E-state index in [1.165, 1.54) is 23.9 Å². The van der Waals surface area contributed by atoms with Crippen molar-refractivity contribution >= 4 is 28.5 Å². The first-order valence-corrected chi connectivity index (χ1v) is 8.28. The number of hydrogen-bond donors (Lipinski definition) is 4. The summed E-state index contributed by atoms with van der Waals surface area (Å²) in [6.07, 6.45) is 0.616. The number of aliphatic hydroxyl groups is 1. The Labute approximate surface area is 146 Å². The normalized spacial score (nSPS) is 12.1. The van der Waals surface area contributed by atoms with E-state index in [-0.39, 0.29) is 5.75 Å². The van der Waals surface area contributed by atoms with Crippen molar-refractivity contribution in [1.29, 1.82) is 5.26 Å². The van der Waals surface area contributed by atoms with Gasteiger partial charge in [0.05, 0.1) is 17.2 Å². The zero-order chi connectivity index (χ0) is 18.0. The number of nitrogens with one attached hydrogen (secondary N) is 2. The maximum absolute atomic E-state index is 13.0. The largest absolute Gasteiger partial charge is 0.505 e. The van der Waals surface area contributed by atoms with Crippen LogP contribution in [0.3, 0.4) is 0 Å². The second kappa shape index (κ2) is 6.96. The number of hydrogen-bond acceptors (Lipinski definition) is 7. The zero-order valence-electron chi connectivity index (χ0n) is 13.1. The van der Waals surface area contributed by atoms with Gasteiger partial charge in [-0.3, -0.25) is 0 Å². The van der Waals surface area contributed by atoms with Gasteiger partial charge in [-0.05, 0) is 19.1 Å². The van der Waals surface area contributed by atoms with Crippen LogP contribution in [0.4, 0.5) is 10.1 Å². The highest BCUT2D eigenvalue weighted by molar-refractivity contribution is 7.99. The average Bonchev–Trinajstić information content (AvgIpc) is 3.01. The highest BCUT2D eigenvalue weighted by Crippen LogP contribution is 2.24. The van der Waals surface area contributed by atoms with Crippen molar-refractivity contribution in [2.75, 3.05) is 11.1 Å². The Bertz CT molecular complexity index is 969. The summed E-state index contributed by atoms with van der Waals surface area (Å²) in [5, 5.41) is 31.7. The van der Waals surface area contributed by atoms with Crippen LogP contribution in [-0.4, -0.2) is 37.1 Å². The lowest BCUT2D eigenvalue weighted by Gasteiger charge is -2.13. The number of aromatic nitrogens is 3. The molecule has 3 rings (SSSR count). The molecule has 0 spiro atoms. The Morgan fingerprint density at radius 2 is 2.28 bits per heavy atom. The summed E-state index contributed by atoms with van der Waals surface area (Å²) in [5.74, 6) is -0.953. The van der Waals surface area contributed by atoms with Crippen molar-refractivity contribution < 1.29 is 14.6 Å². The third kappa shape index (κ3) is 3.65. The summed E-state index contributed by atoms with van der Waals surface area (Å²) in [5.41, 5.74) is 2.80. The fourth-order valence-corrected chi connectivity index (χ4v) is 2.99. The topological polar surface area (TPSA) is 118 Å². The van der Waals surface area contributed by atoms with Crippen LogP contribution in [-0.2, 0) is 0 Å². The van der Waals surface area contributed by atoms with E-state index in [1.54, 1.807) is 13.1 Å². The van der Waals surface area contributed by atoms with Crippen molar-refractivity contribution in [2.45, 2.75) is 18.3 Å². The van der Waals surface area contributed by atoms with Crippen LogP contribution >= 0.6 is 11.8 Å². The minimum Gasteiger partial charge on any atom is -0.505 e. The summed E-state index contributed by atoms with van der Waals surface area (Å²) < 4.78 is 13.0. The molecule has 128 valence electrons. The van der Waals surface area contributed by atoms with Gasteiger partial charge in [-0.1, -0.05) is 11.8 Å². The van der Waals surface area contributed by atoms with Gasteiger partial charge in [0.15, 0.2) is 16.7 Å². The van der Waals surface area contributed by atoms with Crippen LogP contribution in [0, 0.1) is 24.1 Å². The highest BCUT2D eigenvalue weighted by atomic mass is 32.2. The first kappa shape index (κ1) is 17.0. The van der Waals surface area contributed by atoms with Gasteiger partial charge >= 0.3 is 0 Å². The molecule has 0 aliphatic heterocycles. The number of rotatable bonds is 5. The maximum atomic E-state index is 13.0. The molecule has 1 atom stereocenters. The lowest BCUT2D eigenvalue weighted by molar-refractivity contribution is 0.229. The van der Waals surface area contributed by atoms with Crippen molar-refractivity contribution in [1.82, 2.24) is 15.0 Å². The fraction of sp³-hybridized carbons (Fsp3) is 0.188. The van der Waals surface area contributed by atoms with E-state index < -0.39 is 17.8 Å². The van der Waals surface area contributed by atoms with Crippen LogP contribution in [0.5, 0.6) is 5.75 Å². The monoisotopic (exact) mass is 359 g/mol. The van der Waals surface area contributed by atoms with Gasteiger partial charge in [0.25, 0.3) is 0 Å². The van der Waals surface area contributed by atoms with Crippen molar-refractivity contribution in [3.05, 3.63) is 41.5 Å². The number of aliphatic hydroxyl groups excluding tert-OH is 1. The molecule has 0 aliphatic rings. The number of benzene rings is 1. The Morgan fingerprint density at radius 1 is 1.48 bits per heavy atom. The Morgan fingerprint density at radius 3 is 3.00 bits per heavy atom. The number of aryl methyl sites for hydroxylation is 1. The zero-order valence-corrected chi connectivity index (χ0v) is 13.9. The number of pyridine rings is 1. The van der Waals surface area contributed by atoms with E-state index in [0.717, 1.165) is 6.07 Å². The first-order chi connectivity index (χ1) is 12.0. The minimum absolute atomic E-state index is 0.259. The van der Waals surface area contributed by atoms with Crippen LogP contribution in [0.1, 0.15) is 11.3 Å². The van der Waals surface area contributed by atoms with Crippen LogP contribution in [0.25, 0.3) is 11.0 Å². The number of phenolic OH excluding ortho intramolecular Hbond substituents is 1. The molecule has 4 N–H and O–H groups in total. The van der Waals surface area contributed by atoms with Gasteiger partial charge in [-0.25, -0.2) is 14.4 Å². The third-order valence-corrected chi connectivity index (χ3v) is 4.46. The Balaban J connectivity index is 1.66. The molecule has 0 amide bonds. The molecule has 0 fully saturated rings. The summed E-state index contributed by atoms with van der Waals surface area (Å²) >= 11 is 1.28. The van der Waals surface area contributed by atoms with Crippen molar-refractivity contribution in [3.63, 3.8) is 0 Å². The number of thioether (sulfide) groups is 1. The number of halogens is 1. The second-order valence-corrected chi connectivity index (χ2v) is 6.29. The van der Waals surface area contributed by atoms with E-state index in [1.807, 2.05) is 6.07 Å². The molecule has 9 heteroatoms. The van der Waals surface area contributed by atoms with Crippen molar-refractivity contribution in [2.24, 2.45) is 0 Å². The molecule has 0 bridgehead atoms. The lowest BCUT2D eigenvalue weighted by Crippen LogP contribution is -2.21. The molecule has 0 saturated carbocycles. The summed E-state index contributed by atoms with van der Waals surface area (Å²) in [4.78, 5) is 11.5. The summed E-state index contributed by atoms with van der Waals surface area (Å²) in [6, 6.07) is 5.74. The van der Waals surface area contributed by atoms with Gasteiger partial charge in [0.1, 0.15) is 18.0 Å². The number of anilines is 1. The lowest BCUT2D eigenvalue weighted by atomic mass is 10.2. The molecule has 0 saturated heterocycles. The smallest absolute Gasteiger partial charge is 0.166 e. The number of imidazole rings is 1. The second-order valence-electron chi connectivity index (χ2n) is 5.29. The van der Waals surface area contributed by atoms with Gasteiger partial charge in [0, 0.05) is 23.1 Å². The highest BCUT2D eigenvalue weighted by Gasteiger charge is 2.12. The number of nitrogens with zero attached hydrogens (tertiary/aromatic N) is 3. The molecule has 0 radical (unpaired) electrons. The van der Waals surface area contributed by atoms with Gasteiger partial charge in [-0.2, -0.15) is 5.26 Å². The number of fused-ring (bicyclic) bond motifs is 1. The summed E-state index contributed by atoms with van der Waals surface area (Å²) in [6.45, 7) is 1.78. The van der Waals surface area contributed by atoms with Crippen molar-refractivity contribution in [3.8, 4) is 11.8 Å². The first-order valence-electron chi connectivity index (χ1n) is 7.29. The van der Waals surface area contributed by atoms with E-state index in [9.17, 15) is 14.6 Å². The van der Waals surface area contributed by atoms with Crippen LogP contribution in [0.2, 0.25) is 0 Å². The molecule has 2 heterocycles. The molecular formula is C16H14FN5O2S. The average molecular weight is 359 g/mol. The van der Waals surface area contributed by atoms with Gasteiger partial charge < -0.3 is 20.5 Å². The van der Waals surface area contributed by atoms with Gasteiger partial charge in [-0.15, -0.1) is 0 Å². The molecule has 3 aromatic rings. The molecule has 25 heavy (non-hydrogen) atoms. The van der Waals surface area contributed by atoms with Crippen LogP contribution < -0.4 is 5.32 Å². The number of aromatic amines is 1. The molecule has 1 unspecified atom stereocenters. The molecule has 1 aromatic carbocycles. The molecular weight excluding hydrogens is 345 g/mol. The van der Waals surface area contributed by atoms with E-state index in [2.05, 4.69) is 20.3 Å². The number of aromatic hydroxyl groups is 1. The maximum Gasteiger partial charge on any atom is 0.166 e. The molecule has 7 nitrogen and oxygen atoms in total. The SMILES string of the molecule is Cc1c(C#N)ncc2[nH]c(SCC(O)Nc3ccc(F)c(O)c3)nc12. The minimum atomic E-state index is -0.933. The predicted octanol–water partition coefficient (Wildman–Crippen LogP) is 2.51. The van der Waals surface area contributed by atoms with Crippen LogP contribution in [0.15, 0.2) is 29.6 Å². The quantitative estimate of drug-likeness (QED) is 0.408. The Hall–Kier alpha value is -2.83.